The van der Waals surface area contributed by atoms with Crippen molar-refractivity contribution < 1.29 is 14.7 Å². The number of carbonyl (C=O) groups excluding carboxylic acids is 1. The van der Waals surface area contributed by atoms with Crippen molar-refractivity contribution in [1.29, 1.82) is 0 Å². The third kappa shape index (κ3) is 4.50. The summed E-state index contributed by atoms with van der Waals surface area (Å²) < 4.78 is 0. The molecule has 4 N–H and O–H groups in total. The monoisotopic (exact) mass is 251 g/mol. The summed E-state index contributed by atoms with van der Waals surface area (Å²) in [5.74, 6) is -1.33. The van der Waals surface area contributed by atoms with Crippen LogP contribution < -0.4 is 11.1 Å². The molecule has 1 heterocycles. The van der Waals surface area contributed by atoms with Crippen LogP contribution >= 0.6 is 0 Å². The lowest BCUT2D eigenvalue weighted by molar-refractivity contribution is -0.137. The maximum Gasteiger partial charge on any atom is 0.303 e. The second-order valence-electron chi connectivity index (χ2n) is 4.02. The van der Waals surface area contributed by atoms with Crippen molar-refractivity contribution in [2.75, 3.05) is 0 Å². The number of nitrogens with two attached hydrogens (primary N) is 1. The average molecular weight is 251 g/mol. The van der Waals surface area contributed by atoms with Gasteiger partial charge in [-0.2, -0.15) is 0 Å². The SMILES string of the molecule is C[C@@H](NC(=O)C(N)CCC(=O)O)c1ccccn1. The first-order chi connectivity index (χ1) is 8.50. The van der Waals surface area contributed by atoms with Gasteiger partial charge in [0.2, 0.25) is 5.91 Å². The van der Waals surface area contributed by atoms with E-state index in [0.717, 1.165) is 5.69 Å². The molecule has 1 amide bonds. The van der Waals surface area contributed by atoms with E-state index in [1.54, 1.807) is 25.3 Å². The molecule has 1 aromatic heterocycles. The largest absolute Gasteiger partial charge is 0.481 e. The molecule has 0 radical (unpaired) electrons. The second-order valence-corrected chi connectivity index (χ2v) is 4.02. The van der Waals surface area contributed by atoms with Crippen molar-refractivity contribution in [3.63, 3.8) is 0 Å². The molecule has 6 nitrogen and oxygen atoms in total. The Hall–Kier alpha value is -1.95. The molecule has 98 valence electrons. The number of carboxylic acids is 1. The third-order valence-corrected chi connectivity index (χ3v) is 2.50. The Labute approximate surface area is 105 Å². The molecule has 1 unspecified atom stereocenters. The van der Waals surface area contributed by atoms with E-state index in [1.807, 2.05) is 6.07 Å². The average Bonchev–Trinajstić information content (AvgIpc) is 2.36. The van der Waals surface area contributed by atoms with Crippen LogP contribution in [-0.2, 0) is 9.59 Å². The van der Waals surface area contributed by atoms with Crippen LogP contribution in [0.4, 0.5) is 0 Å². The van der Waals surface area contributed by atoms with Crippen molar-refractivity contribution in [3.8, 4) is 0 Å². The Morgan fingerprint density at radius 2 is 2.22 bits per heavy atom. The van der Waals surface area contributed by atoms with Gasteiger partial charge >= 0.3 is 5.97 Å². The van der Waals surface area contributed by atoms with Crippen molar-refractivity contribution in [3.05, 3.63) is 30.1 Å². The molecule has 0 spiro atoms. The number of pyridine rings is 1. The minimum Gasteiger partial charge on any atom is -0.481 e. The van der Waals surface area contributed by atoms with Crippen LogP contribution in [0.5, 0.6) is 0 Å². The van der Waals surface area contributed by atoms with Crippen LogP contribution in [0.1, 0.15) is 31.5 Å². The van der Waals surface area contributed by atoms with Gasteiger partial charge in [0.25, 0.3) is 0 Å². The standard InChI is InChI=1S/C12H17N3O3/c1-8(10-4-2-3-7-14-10)15-12(18)9(13)5-6-11(16)17/h2-4,7-9H,5-6,13H2,1H3,(H,15,18)(H,16,17)/t8-,9?/m1/s1. The zero-order chi connectivity index (χ0) is 13.5. The lowest BCUT2D eigenvalue weighted by Crippen LogP contribution is -2.42. The highest BCUT2D eigenvalue weighted by atomic mass is 16.4. The van der Waals surface area contributed by atoms with Gasteiger partial charge in [-0.05, 0) is 25.5 Å². The summed E-state index contributed by atoms with van der Waals surface area (Å²) in [5, 5.41) is 11.2. The summed E-state index contributed by atoms with van der Waals surface area (Å²) in [7, 11) is 0. The van der Waals surface area contributed by atoms with Gasteiger partial charge in [0, 0.05) is 12.6 Å². The van der Waals surface area contributed by atoms with Gasteiger partial charge in [0.15, 0.2) is 0 Å². The van der Waals surface area contributed by atoms with Crippen LogP contribution in [0.25, 0.3) is 0 Å². The molecule has 0 bridgehead atoms. The maximum atomic E-state index is 11.7. The van der Waals surface area contributed by atoms with E-state index in [1.165, 1.54) is 0 Å². The summed E-state index contributed by atoms with van der Waals surface area (Å²) in [6.45, 7) is 1.80. The van der Waals surface area contributed by atoms with E-state index in [9.17, 15) is 9.59 Å². The summed E-state index contributed by atoms with van der Waals surface area (Å²) >= 11 is 0. The number of nitrogens with zero attached hydrogens (tertiary/aromatic N) is 1. The van der Waals surface area contributed by atoms with Crippen molar-refractivity contribution in [2.24, 2.45) is 5.73 Å². The molecule has 6 heteroatoms. The van der Waals surface area contributed by atoms with Crippen molar-refractivity contribution in [1.82, 2.24) is 10.3 Å². The number of hydrogen-bond acceptors (Lipinski definition) is 4. The predicted molar refractivity (Wildman–Crippen MR) is 65.6 cm³/mol. The van der Waals surface area contributed by atoms with Crippen LogP contribution in [0, 0.1) is 0 Å². The molecule has 1 rings (SSSR count). The molecular formula is C12H17N3O3. The highest BCUT2D eigenvalue weighted by molar-refractivity contribution is 5.82. The van der Waals surface area contributed by atoms with Crippen molar-refractivity contribution >= 4 is 11.9 Å². The van der Waals surface area contributed by atoms with E-state index in [-0.39, 0.29) is 24.8 Å². The second kappa shape index (κ2) is 6.70. The number of aromatic nitrogens is 1. The highest BCUT2D eigenvalue weighted by Gasteiger charge is 2.17. The van der Waals surface area contributed by atoms with Gasteiger partial charge in [-0.25, -0.2) is 0 Å². The third-order valence-electron chi connectivity index (χ3n) is 2.50. The number of aliphatic carboxylic acids is 1. The van der Waals surface area contributed by atoms with E-state index >= 15 is 0 Å². The maximum absolute atomic E-state index is 11.7. The fourth-order valence-electron chi connectivity index (χ4n) is 1.44. The van der Waals surface area contributed by atoms with Crippen LogP contribution in [0.3, 0.4) is 0 Å². The number of hydrogen-bond donors (Lipinski definition) is 3. The minimum atomic E-state index is -0.962. The van der Waals surface area contributed by atoms with E-state index < -0.39 is 12.0 Å². The molecule has 0 aliphatic heterocycles. The van der Waals surface area contributed by atoms with Gasteiger partial charge in [-0.15, -0.1) is 0 Å². The van der Waals surface area contributed by atoms with Gasteiger partial charge < -0.3 is 16.2 Å². The first-order valence-corrected chi connectivity index (χ1v) is 5.69. The molecule has 0 saturated carbocycles. The summed E-state index contributed by atoms with van der Waals surface area (Å²) in [5.41, 5.74) is 6.33. The molecule has 0 aliphatic rings. The quantitative estimate of drug-likeness (QED) is 0.680. The minimum absolute atomic E-state index is 0.118. The van der Waals surface area contributed by atoms with Gasteiger partial charge in [-0.1, -0.05) is 6.07 Å². The fourth-order valence-corrected chi connectivity index (χ4v) is 1.44. The normalized spacial score (nSPS) is 13.7. The van der Waals surface area contributed by atoms with E-state index in [0.29, 0.717) is 0 Å². The summed E-state index contributed by atoms with van der Waals surface area (Å²) in [6.07, 6.45) is 1.64. The molecule has 18 heavy (non-hydrogen) atoms. The van der Waals surface area contributed by atoms with Gasteiger partial charge in [0.05, 0.1) is 17.8 Å². The number of nitrogens with one attached hydrogen (secondary N) is 1. The number of rotatable bonds is 6. The number of carboxylic acid groups (broad SMARTS) is 1. The Morgan fingerprint density at radius 3 is 2.78 bits per heavy atom. The summed E-state index contributed by atoms with van der Waals surface area (Å²) in [6, 6.07) is 4.35. The van der Waals surface area contributed by atoms with Crippen LogP contribution in [0.2, 0.25) is 0 Å². The van der Waals surface area contributed by atoms with E-state index in [2.05, 4.69) is 10.3 Å². The fraction of sp³-hybridized carbons (Fsp3) is 0.417. The first kappa shape index (κ1) is 14.1. The highest BCUT2D eigenvalue weighted by Crippen LogP contribution is 2.08. The molecule has 1 aromatic rings. The molecule has 2 atom stereocenters. The van der Waals surface area contributed by atoms with Crippen molar-refractivity contribution in [2.45, 2.75) is 31.8 Å². The zero-order valence-corrected chi connectivity index (χ0v) is 10.2. The molecule has 0 saturated heterocycles. The molecule has 0 fully saturated rings. The van der Waals surface area contributed by atoms with Crippen LogP contribution in [0.15, 0.2) is 24.4 Å². The summed E-state index contributed by atoms with van der Waals surface area (Å²) in [4.78, 5) is 26.2. The Bertz CT molecular complexity index is 408. The van der Waals surface area contributed by atoms with Gasteiger partial charge in [0.1, 0.15) is 0 Å². The molecular weight excluding hydrogens is 234 g/mol. The van der Waals surface area contributed by atoms with E-state index in [4.69, 9.17) is 10.8 Å². The topological polar surface area (TPSA) is 105 Å². The molecule has 0 aliphatic carbocycles. The zero-order valence-electron chi connectivity index (χ0n) is 10.2. The number of carbonyl (C=O) groups is 2. The lowest BCUT2D eigenvalue weighted by Gasteiger charge is -2.16. The predicted octanol–water partition coefficient (Wildman–Crippen LogP) is 0.451. The Balaban J connectivity index is 2.46. The Morgan fingerprint density at radius 1 is 1.50 bits per heavy atom. The Kier molecular flexibility index (Phi) is 5.26. The van der Waals surface area contributed by atoms with Gasteiger partial charge in [-0.3, -0.25) is 14.6 Å². The first-order valence-electron chi connectivity index (χ1n) is 5.69. The van der Waals surface area contributed by atoms with Crippen LogP contribution in [-0.4, -0.2) is 28.0 Å². The lowest BCUT2D eigenvalue weighted by atomic mass is 10.1. The smallest absolute Gasteiger partial charge is 0.303 e. The number of amides is 1. The molecule has 0 aromatic carbocycles.